The number of nitrogens with one attached hydrogen (secondary N) is 2. The highest BCUT2D eigenvalue weighted by atomic mass is 32.2. The molecule has 160 valence electrons. The van der Waals surface area contributed by atoms with Gasteiger partial charge in [-0.1, -0.05) is 13.8 Å². The van der Waals surface area contributed by atoms with E-state index in [0.717, 1.165) is 5.75 Å². The molecule has 0 bridgehead atoms. The van der Waals surface area contributed by atoms with E-state index in [-0.39, 0.29) is 18.4 Å². The van der Waals surface area contributed by atoms with Crippen LogP contribution in [0.3, 0.4) is 0 Å². The second kappa shape index (κ2) is 11.9. The van der Waals surface area contributed by atoms with Gasteiger partial charge >= 0.3 is 5.97 Å². The van der Waals surface area contributed by atoms with Crippen LogP contribution in [0.2, 0.25) is 0 Å². The molecule has 10 heteroatoms. The van der Waals surface area contributed by atoms with Gasteiger partial charge in [-0.3, -0.25) is 14.4 Å². The minimum Gasteiger partial charge on any atom is -0.480 e. The highest BCUT2D eigenvalue weighted by Crippen LogP contribution is 2.19. The maximum absolute atomic E-state index is 12.5. The molecule has 0 aromatic carbocycles. The molecule has 0 radical (unpaired) electrons. The number of carbonyl (C=O) groups is 4. The van der Waals surface area contributed by atoms with Gasteiger partial charge in [0.25, 0.3) is 0 Å². The van der Waals surface area contributed by atoms with Crippen LogP contribution in [0.25, 0.3) is 0 Å². The Bertz CT molecular complexity index is 572. The Balaban J connectivity index is 2.55. The standard InChI is InChI=1S/C18H32N4O5S/c1-11(2)9-13(18(26)27)21-15(23)10-20-16(24)14-5-4-7-22(14)17(25)12(19)6-8-28-3/h11-14H,4-10,19H2,1-3H3,(H,20,24)(H,21,23)(H,26,27). The van der Waals surface area contributed by atoms with Gasteiger partial charge in [-0.2, -0.15) is 11.8 Å². The number of nitrogens with two attached hydrogens (primary N) is 1. The molecule has 0 aliphatic carbocycles. The van der Waals surface area contributed by atoms with E-state index in [9.17, 15) is 24.3 Å². The molecule has 0 aromatic rings. The minimum absolute atomic E-state index is 0.101. The average Bonchev–Trinajstić information content (AvgIpc) is 3.12. The Hall–Kier alpha value is -1.81. The Morgan fingerprint density at radius 3 is 2.54 bits per heavy atom. The van der Waals surface area contributed by atoms with E-state index in [0.29, 0.717) is 32.2 Å². The van der Waals surface area contributed by atoms with Gasteiger partial charge in [-0.05, 0) is 43.6 Å². The first-order valence-electron chi connectivity index (χ1n) is 9.52. The van der Waals surface area contributed by atoms with Crippen molar-refractivity contribution < 1.29 is 24.3 Å². The predicted molar refractivity (Wildman–Crippen MR) is 108 cm³/mol. The van der Waals surface area contributed by atoms with Crippen LogP contribution in [0.5, 0.6) is 0 Å². The number of aliphatic carboxylic acids is 1. The van der Waals surface area contributed by atoms with E-state index >= 15 is 0 Å². The smallest absolute Gasteiger partial charge is 0.326 e. The van der Waals surface area contributed by atoms with Crippen LogP contribution in [-0.4, -0.2) is 76.9 Å². The van der Waals surface area contributed by atoms with Gasteiger partial charge < -0.3 is 26.4 Å². The number of hydrogen-bond donors (Lipinski definition) is 4. The van der Waals surface area contributed by atoms with Gasteiger partial charge in [0.2, 0.25) is 17.7 Å². The lowest BCUT2D eigenvalue weighted by atomic mass is 10.0. The zero-order valence-electron chi connectivity index (χ0n) is 16.8. The molecule has 3 unspecified atom stereocenters. The molecule has 1 saturated heterocycles. The monoisotopic (exact) mass is 416 g/mol. The van der Waals surface area contributed by atoms with Crippen molar-refractivity contribution in [1.29, 1.82) is 0 Å². The van der Waals surface area contributed by atoms with Crippen LogP contribution < -0.4 is 16.4 Å². The summed E-state index contributed by atoms with van der Waals surface area (Å²) < 4.78 is 0. The second-order valence-electron chi connectivity index (χ2n) is 7.38. The number of rotatable bonds is 11. The molecule has 1 aliphatic rings. The van der Waals surface area contributed by atoms with Crippen LogP contribution in [0.1, 0.15) is 39.5 Å². The fourth-order valence-electron chi connectivity index (χ4n) is 3.11. The van der Waals surface area contributed by atoms with Crippen molar-refractivity contribution >= 4 is 35.5 Å². The first-order valence-corrected chi connectivity index (χ1v) is 10.9. The Labute approximate surface area is 170 Å². The van der Waals surface area contributed by atoms with Crippen LogP contribution in [0.15, 0.2) is 0 Å². The lowest BCUT2D eigenvalue weighted by Gasteiger charge is -2.26. The Morgan fingerprint density at radius 2 is 1.96 bits per heavy atom. The molecule has 0 aromatic heterocycles. The quantitative estimate of drug-likeness (QED) is 0.365. The van der Waals surface area contributed by atoms with Crippen molar-refractivity contribution in [1.82, 2.24) is 15.5 Å². The lowest BCUT2D eigenvalue weighted by molar-refractivity contribution is -0.142. The third-order valence-corrected chi connectivity index (χ3v) is 5.20. The number of carbonyl (C=O) groups excluding carboxylic acids is 3. The van der Waals surface area contributed by atoms with Crippen LogP contribution in [-0.2, 0) is 19.2 Å². The average molecular weight is 417 g/mol. The fraction of sp³-hybridized carbons (Fsp3) is 0.778. The number of nitrogens with zero attached hydrogens (tertiary/aromatic N) is 1. The van der Waals surface area contributed by atoms with Crippen molar-refractivity contribution in [3.63, 3.8) is 0 Å². The summed E-state index contributed by atoms with van der Waals surface area (Å²) in [4.78, 5) is 49.7. The van der Waals surface area contributed by atoms with Crippen LogP contribution in [0.4, 0.5) is 0 Å². The predicted octanol–water partition coefficient (Wildman–Crippen LogP) is -0.210. The molecule has 3 amide bonds. The molecule has 28 heavy (non-hydrogen) atoms. The molecule has 9 nitrogen and oxygen atoms in total. The normalized spacial score (nSPS) is 18.6. The van der Waals surface area contributed by atoms with E-state index in [1.165, 1.54) is 4.90 Å². The van der Waals surface area contributed by atoms with Gasteiger partial charge in [0.1, 0.15) is 12.1 Å². The number of carboxylic acids is 1. The summed E-state index contributed by atoms with van der Waals surface area (Å²) in [6.45, 7) is 3.85. The van der Waals surface area contributed by atoms with Gasteiger partial charge in [0.15, 0.2) is 0 Å². The van der Waals surface area contributed by atoms with E-state index < -0.39 is 35.9 Å². The summed E-state index contributed by atoms with van der Waals surface area (Å²) in [5.74, 6) is -1.50. The highest BCUT2D eigenvalue weighted by Gasteiger charge is 2.36. The molecule has 1 fully saturated rings. The third-order valence-electron chi connectivity index (χ3n) is 4.55. The molecule has 1 rings (SSSR count). The molecule has 5 N–H and O–H groups in total. The Morgan fingerprint density at radius 1 is 1.29 bits per heavy atom. The van der Waals surface area contributed by atoms with Crippen molar-refractivity contribution in [3.8, 4) is 0 Å². The second-order valence-corrected chi connectivity index (χ2v) is 8.37. The van der Waals surface area contributed by atoms with Crippen molar-refractivity contribution in [2.75, 3.05) is 25.1 Å². The summed E-state index contributed by atoms with van der Waals surface area (Å²) in [7, 11) is 0. The highest BCUT2D eigenvalue weighted by molar-refractivity contribution is 7.98. The maximum atomic E-state index is 12.5. The lowest BCUT2D eigenvalue weighted by Crippen LogP contribution is -2.53. The van der Waals surface area contributed by atoms with Gasteiger partial charge in [0, 0.05) is 6.54 Å². The molecule has 3 atom stereocenters. The summed E-state index contributed by atoms with van der Waals surface area (Å²) >= 11 is 1.60. The third kappa shape index (κ3) is 7.67. The van der Waals surface area contributed by atoms with Crippen molar-refractivity contribution in [2.45, 2.75) is 57.7 Å². The largest absolute Gasteiger partial charge is 0.480 e. The van der Waals surface area contributed by atoms with E-state index in [4.69, 9.17) is 5.73 Å². The van der Waals surface area contributed by atoms with E-state index in [2.05, 4.69) is 10.6 Å². The number of carboxylic acid groups (broad SMARTS) is 1. The van der Waals surface area contributed by atoms with E-state index in [1.54, 1.807) is 11.8 Å². The number of amides is 3. The maximum Gasteiger partial charge on any atom is 0.326 e. The van der Waals surface area contributed by atoms with E-state index in [1.807, 2.05) is 20.1 Å². The van der Waals surface area contributed by atoms with Gasteiger partial charge in [0.05, 0.1) is 12.6 Å². The zero-order chi connectivity index (χ0) is 21.3. The topological polar surface area (TPSA) is 142 Å². The molecule has 0 spiro atoms. The first-order chi connectivity index (χ1) is 13.2. The summed E-state index contributed by atoms with van der Waals surface area (Å²) in [5.41, 5.74) is 5.93. The van der Waals surface area contributed by atoms with Crippen LogP contribution >= 0.6 is 11.8 Å². The van der Waals surface area contributed by atoms with Gasteiger partial charge in [-0.25, -0.2) is 4.79 Å². The van der Waals surface area contributed by atoms with Crippen molar-refractivity contribution in [2.24, 2.45) is 11.7 Å². The Kier molecular flexibility index (Phi) is 10.3. The molecule has 0 saturated carbocycles. The molecular weight excluding hydrogens is 384 g/mol. The molecule has 1 heterocycles. The summed E-state index contributed by atoms with van der Waals surface area (Å²) in [6.07, 6.45) is 3.98. The minimum atomic E-state index is -1.11. The van der Waals surface area contributed by atoms with Gasteiger partial charge in [-0.15, -0.1) is 0 Å². The molecule has 1 aliphatic heterocycles. The first kappa shape index (κ1) is 24.2. The number of hydrogen-bond acceptors (Lipinski definition) is 6. The van der Waals surface area contributed by atoms with Crippen LogP contribution in [0, 0.1) is 5.92 Å². The number of thioether (sulfide) groups is 1. The zero-order valence-corrected chi connectivity index (χ0v) is 17.6. The molecular formula is C18H32N4O5S. The van der Waals surface area contributed by atoms with Crippen molar-refractivity contribution in [3.05, 3.63) is 0 Å². The SMILES string of the molecule is CSCCC(N)C(=O)N1CCCC1C(=O)NCC(=O)NC(CC(C)C)C(=O)O. The summed E-state index contributed by atoms with van der Waals surface area (Å²) in [5, 5.41) is 14.1. The fourth-order valence-corrected chi connectivity index (χ4v) is 3.60. The number of likely N-dealkylation sites (tertiary alicyclic amines) is 1. The summed E-state index contributed by atoms with van der Waals surface area (Å²) in [6, 6.07) is -2.29.